The minimum Gasteiger partial charge on any atom is -0.200 e. The van der Waals surface area contributed by atoms with Crippen LogP contribution in [0.4, 0.5) is 0 Å². The van der Waals surface area contributed by atoms with E-state index in [1.807, 2.05) is 0 Å². The van der Waals surface area contributed by atoms with Crippen molar-refractivity contribution in [2.24, 2.45) is 56.7 Å². The standard InChI is InChI=1S/3C30H36N/c2*1-22-8-3-4-15-29(22)30-17-16-27(21-31(30)2)25-13-7-14-26(20-25)28-18-23-9-5-10-24(19-28)12-6-11-23;1-22-7-3-4-12-29(22)30-18-17-27(21-31(30)2)25-13-15-26(16-14-25)28-19-23-8-5-9-24(20-28)11-6-10-23/h2*3-4,7-8,13-17,20-21,23-24,28H,5-6,9-12,18-19H2,1-2H3;3-4,7,12-18,21,23-24,28H,5-6,8-11,19-20H2,1-2H3/q3*+1/i28D;;28D. The minimum atomic E-state index is -0.435. The summed E-state index contributed by atoms with van der Waals surface area (Å²) in [5.41, 5.74) is 23.1. The molecule has 0 atom stereocenters. The third kappa shape index (κ3) is 16.0. The molecule has 480 valence electrons. The largest absolute Gasteiger partial charge is 0.212 e. The van der Waals surface area contributed by atoms with Gasteiger partial charge >= 0.3 is 0 Å². The van der Waals surface area contributed by atoms with E-state index in [9.17, 15) is 2.74 Å². The summed E-state index contributed by atoms with van der Waals surface area (Å²) < 4.78 is 25.8. The van der Waals surface area contributed by atoms with Crippen molar-refractivity contribution in [3.05, 3.63) is 234 Å². The van der Waals surface area contributed by atoms with E-state index in [2.05, 4.69) is 256 Å². The fourth-order valence-electron chi connectivity index (χ4n) is 18.1. The molecule has 3 heterocycles. The highest BCUT2D eigenvalue weighted by molar-refractivity contribution is 5.69. The van der Waals surface area contributed by atoms with E-state index in [1.165, 1.54) is 223 Å². The quantitative estimate of drug-likeness (QED) is 0.128. The molecule has 9 aliphatic rings. The van der Waals surface area contributed by atoms with Crippen LogP contribution < -0.4 is 13.7 Å². The summed E-state index contributed by atoms with van der Waals surface area (Å²) in [7, 11) is 6.44. The van der Waals surface area contributed by atoms with Crippen molar-refractivity contribution in [3.63, 3.8) is 0 Å². The molecule has 9 aliphatic carbocycles. The van der Waals surface area contributed by atoms with Gasteiger partial charge < -0.3 is 0 Å². The molecule has 3 nitrogen and oxygen atoms in total. The van der Waals surface area contributed by atoms with Crippen molar-refractivity contribution >= 4 is 0 Å². The van der Waals surface area contributed by atoms with Gasteiger partial charge in [0.25, 0.3) is 0 Å². The van der Waals surface area contributed by atoms with Gasteiger partial charge in [-0.05, 0) is 199 Å². The number of aryl methyl sites for hydroxylation is 6. The Hall–Kier alpha value is -7.23. The van der Waals surface area contributed by atoms with Crippen LogP contribution in [-0.4, -0.2) is 0 Å². The first-order chi connectivity index (χ1) is 46.2. The monoisotopic (exact) mass is 1230 g/mol. The maximum Gasteiger partial charge on any atom is 0.212 e. The van der Waals surface area contributed by atoms with Crippen molar-refractivity contribution in [3.8, 4) is 67.2 Å². The predicted molar refractivity (Wildman–Crippen MR) is 390 cm³/mol. The molecule has 18 rings (SSSR count). The summed E-state index contributed by atoms with van der Waals surface area (Å²) in [6.45, 7) is 6.53. The first-order valence-electron chi connectivity index (χ1n) is 37.7. The van der Waals surface area contributed by atoms with Crippen LogP contribution in [0.3, 0.4) is 0 Å². The molecule has 0 radical (unpaired) electrons. The average Bonchev–Trinajstić information content (AvgIpc) is 0.833. The van der Waals surface area contributed by atoms with E-state index in [4.69, 9.17) is 0 Å². The van der Waals surface area contributed by atoms with Crippen LogP contribution in [0.25, 0.3) is 67.2 Å². The van der Waals surface area contributed by atoms with Crippen LogP contribution in [0.2, 0.25) is 0 Å². The van der Waals surface area contributed by atoms with Gasteiger partial charge in [-0.3, -0.25) is 0 Å². The fraction of sp³-hybridized carbons (Fsp3) is 0.433. The molecular weight excluding hydrogens is 1120 g/mol. The lowest BCUT2D eigenvalue weighted by molar-refractivity contribution is -0.660. The summed E-state index contributed by atoms with van der Waals surface area (Å²) in [5, 5.41) is 0. The molecule has 0 amide bonds. The van der Waals surface area contributed by atoms with Crippen molar-refractivity contribution < 1.29 is 16.4 Å². The van der Waals surface area contributed by atoms with Crippen molar-refractivity contribution in [2.75, 3.05) is 0 Å². The minimum absolute atomic E-state index is 0.409. The van der Waals surface area contributed by atoms with E-state index in [-0.39, 0.29) is 0 Å². The molecule has 0 aliphatic heterocycles. The second-order valence-corrected chi connectivity index (χ2v) is 29.9. The Labute approximate surface area is 563 Å². The number of hydrogen-bond donors (Lipinski definition) is 0. The van der Waals surface area contributed by atoms with Gasteiger partial charge in [-0.2, -0.15) is 0 Å². The Morgan fingerprint density at radius 3 is 0.935 bits per heavy atom. The third-order valence-electron chi connectivity index (χ3n) is 23.3. The molecule has 3 aromatic heterocycles. The lowest BCUT2D eigenvalue weighted by atomic mass is 9.71. The Morgan fingerprint density at radius 2 is 0.581 bits per heavy atom. The molecule has 0 unspecified atom stereocenters. The Bertz CT molecular complexity index is 3990. The van der Waals surface area contributed by atoms with Crippen LogP contribution >= 0.6 is 0 Å². The Balaban J connectivity index is 0.000000129. The second kappa shape index (κ2) is 30.5. The number of aromatic nitrogens is 3. The summed E-state index contributed by atoms with van der Waals surface area (Å²) in [6.07, 6.45) is 38.6. The highest BCUT2D eigenvalue weighted by Crippen LogP contribution is 2.46. The first kappa shape index (κ1) is 61.9. The zero-order valence-electron chi connectivity index (χ0n) is 59.4. The summed E-state index contributed by atoms with van der Waals surface area (Å²) in [6, 6.07) is 66.6. The van der Waals surface area contributed by atoms with Crippen LogP contribution in [-0.2, 0) is 21.1 Å². The van der Waals surface area contributed by atoms with Gasteiger partial charge in [-0.1, -0.05) is 243 Å². The average molecular weight is 1230 g/mol. The Kier molecular flexibility index (Phi) is 20.3. The van der Waals surface area contributed by atoms with E-state index in [1.54, 1.807) is 5.56 Å². The van der Waals surface area contributed by atoms with Gasteiger partial charge in [-0.15, -0.1) is 0 Å². The first-order valence-corrected chi connectivity index (χ1v) is 36.7. The normalized spacial score (nSPS) is 25.6. The lowest BCUT2D eigenvalue weighted by Crippen LogP contribution is -2.30. The number of fused-ring (bicyclic) bond motifs is 18. The number of rotatable bonds is 9. The van der Waals surface area contributed by atoms with Crippen LogP contribution in [0.5, 0.6) is 0 Å². The highest BCUT2D eigenvalue weighted by atomic mass is 14.9. The summed E-state index contributed by atoms with van der Waals surface area (Å²) >= 11 is 0. The van der Waals surface area contributed by atoms with Crippen LogP contribution in [0.1, 0.15) is 208 Å². The van der Waals surface area contributed by atoms with Gasteiger partial charge in [-0.25, -0.2) is 13.7 Å². The lowest BCUT2D eigenvalue weighted by Gasteiger charge is -2.34. The van der Waals surface area contributed by atoms with Crippen LogP contribution in [0.15, 0.2) is 201 Å². The molecule has 0 saturated heterocycles. The second-order valence-electron chi connectivity index (χ2n) is 29.9. The summed E-state index contributed by atoms with van der Waals surface area (Å²) in [4.78, 5) is 0. The van der Waals surface area contributed by atoms with Gasteiger partial charge in [0, 0.05) is 54.3 Å². The maximum absolute atomic E-state index is 9.56. The smallest absolute Gasteiger partial charge is 0.200 e. The molecule has 9 saturated carbocycles. The highest BCUT2D eigenvalue weighted by Gasteiger charge is 2.32. The molecule has 6 aromatic carbocycles. The molecule has 93 heavy (non-hydrogen) atoms. The van der Waals surface area contributed by atoms with E-state index in [0.29, 0.717) is 0 Å². The molecule has 6 bridgehead atoms. The number of benzene rings is 6. The molecule has 0 spiro atoms. The third-order valence-corrected chi connectivity index (χ3v) is 23.3. The zero-order chi connectivity index (χ0) is 65.5. The number of pyridine rings is 3. The fourth-order valence-corrected chi connectivity index (χ4v) is 18.1. The van der Waals surface area contributed by atoms with Crippen molar-refractivity contribution in [2.45, 2.75) is 193 Å². The molecule has 9 aromatic rings. The molecule has 3 heteroatoms. The van der Waals surface area contributed by atoms with E-state index >= 15 is 0 Å². The predicted octanol–water partition coefficient (Wildman–Crippen LogP) is 22.9. The van der Waals surface area contributed by atoms with E-state index < -0.39 is 11.8 Å². The van der Waals surface area contributed by atoms with Crippen molar-refractivity contribution in [1.29, 1.82) is 0 Å². The number of hydrogen-bond acceptors (Lipinski definition) is 0. The van der Waals surface area contributed by atoms with Gasteiger partial charge in [0.2, 0.25) is 17.1 Å². The molecule has 0 N–H and O–H groups in total. The van der Waals surface area contributed by atoms with Gasteiger partial charge in [0.1, 0.15) is 21.1 Å². The van der Waals surface area contributed by atoms with E-state index in [0.717, 1.165) is 67.1 Å². The van der Waals surface area contributed by atoms with Gasteiger partial charge in [0.05, 0.1) is 0 Å². The van der Waals surface area contributed by atoms with Gasteiger partial charge in [0.15, 0.2) is 18.6 Å². The Morgan fingerprint density at radius 1 is 0.280 bits per heavy atom. The SMILES string of the molecule is Cc1ccccc1-c1ccc(-c2cccc(C3CC4CCCC(CCC4)C3)c2)c[n+]1C.[2H]C1(c2ccc(-c3ccc(-c4ccccc4C)[n+](C)c3)cc2)CC2CCCC(CCC2)C1.[2H]C1(c2cccc(-c3ccc(-c4ccccc4C)[n+](C)c3)c2)CC2CCCC(CCC2)C1. The summed E-state index contributed by atoms with van der Waals surface area (Å²) in [5.74, 6) is 4.72. The maximum atomic E-state index is 9.56. The zero-order valence-corrected chi connectivity index (χ0v) is 57.4. The topological polar surface area (TPSA) is 11.6 Å². The molecular formula is C90H108N3+3. The molecule has 9 fully saturated rings. The van der Waals surface area contributed by atoms with Crippen LogP contribution in [0, 0.1) is 56.3 Å². The number of nitrogens with zero attached hydrogens (tertiary/aromatic N) is 3. The van der Waals surface area contributed by atoms with Crippen molar-refractivity contribution in [1.82, 2.24) is 0 Å².